The maximum Gasteiger partial charge on any atom is 0.248 e. The fraction of sp³-hybridized carbons (Fsp3) is 0.286. The van der Waals surface area contributed by atoms with Crippen molar-refractivity contribution in [2.75, 3.05) is 11.4 Å². The minimum absolute atomic E-state index is 0.0639. The molecule has 4 rings (SSSR count). The molecule has 0 aromatic heterocycles. The summed E-state index contributed by atoms with van der Waals surface area (Å²) in [7, 11) is -4.09. The van der Waals surface area contributed by atoms with Crippen LogP contribution in [0.4, 0.5) is 14.5 Å². The minimum atomic E-state index is -4.09. The lowest BCUT2D eigenvalue weighted by Crippen LogP contribution is -2.50. The predicted octanol–water partition coefficient (Wildman–Crippen LogP) is 4.47. The number of amides is 2. The predicted molar refractivity (Wildman–Crippen MR) is 140 cm³/mol. The Labute approximate surface area is 220 Å². The lowest BCUT2D eigenvalue weighted by Gasteiger charge is -2.33. The SMILES string of the molecule is O=C(NC1CCCCC1)C(c1ccccc1F)N(C(=O)CNS(=O)(=O)c1ccccc1)c1ccccc1F. The Hall–Kier alpha value is -3.63. The number of sulfonamides is 1. The van der Waals surface area contributed by atoms with Crippen LogP contribution in [0, 0.1) is 11.6 Å². The van der Waals surface area contributed by atoms with E-state index in [9.17, 15) is 18.0 Å². The second-order valence-electron chi connectivity index (χ2n) is 9.12. The highest BCUT2D eigenvalue weighted by Crippen LogP contribution is 2.32. The summed E-state index contributed by atoms with van der Waals surface area (Å²) in [6, 6.07) is 16.5. The number of para-hydroxylation sites is 1. The van der Waals surface area contributed by atoms with Crippen molar-refractivity contribution < 1.29 is 26.8 Å². The van der Waals surface area contributed by atoms with Crippen molar-refractivity contribution in [3.05, 3.63) is 96.1 Å². The van der Waals surface area contributed by atoms with Crippen LogP contribution in [0.2, 0.25) is 0 Å². The van der Waals surface area contributed by atoms with Crippen LogP contribution in [0.25, 0.3) is 0 Å². The number of nitrogens with zero attached hydrogens (tertiary/aromatic N) is 1. The first-order valence-electron chi connectivity index (χ1n) is 12.4. The van der Waals surface area contributed by atoms with Crippen LogP contribution >= 0.6 is 0 Å². The molecular weight excluding hydrogens is 512 g/mol. The van der Waals surface area contributed by atoms with Gasteiger partial charge in [0.05, 0.1) is 17.1 Å². The van der Waals surface area contributed by atoms with Crippen LogP contribution in [-0.2, 0) is 19.6 Å². The van der Waals surface area contributed by atoms with Crippen molar-refractivity contribution in [1.29, 1.82) is 0 Å². The molecule has 1 unspecified atom stereocenters. The molecule has 2 amide bonds. The minimum Gasteiger partial charge on any atom is -0.351 e. The van der Waals surface area contributed by atoms with Crippen LogP contribution in [-0.4, -0.2) is 32.8 Å². The van der Waals surface area contributed by atoms with Gasteiger partial charge in [-0.15, -0.1) is 0 Å². The molecule has 200 valence electrons. The standard InChI is InChI=1S/C28H29F2N3O4S/c29-23-16-8-7-15-22(23)27(28(35)32-20-11-3-1-4-12-20)33(25-18-10-9-17-24(25)30)26(34)19-31-38(36,37)21-13-5-2-6-14-21/h2,5-10,13-18,20,27,31H,1,3-4,11-12,19H2,(H,32,35). The quantitative estimate of drug-likeness (QED) is 0.418. The van der Waals surface area contributed by atoms with Crippen molar-refractivity contribution >= 4 is 27.5 Å². The fourth-order valence-electron chi connectivity index (χ4n) is 4.61. The first-order chi connectivity index (χ1) is 18.3. The van der Waals surface area contributed by atoms with Crippen molar-refractivity contribution in [3.8, 4) is 0 Å². The maximum atomic E-state index is 15.1. The summed E-state index contributed by atoms with van der Waals surface area (Å²) in [5.74, 6) is -3.18. The molecule has 10 heteroatoms. The Morgan fingerprint density at radius 2 is 1.45 bits per heavy atom. The molecule has 0 aliphatic heterocycles. The highest BCUT2D eigenvalue weighted by Gasteiger charge is 2.37. The zero-order chi connectivity index (χ0) is 27.1. The van der Waals surface area contributed by atoms with Crippen LogP contribution in [0.15, 0.2) is 83.8 Å². The highest BCUT2D eigenvalue weighted by molar-refractivity contribution is 7.89. The number of hydrogen-bond donors (Lipinski definition) is 2. The molecule has 1 aliphatic rings. The molecule has 1 aliphatic carbocycles. The van der Waals surface area contributed by atoms with Gasteiger partial charge in [-0.2, -0.15) is 0 Å². The van der Waals surface area contributed by atoms with Crippen molar-refractivity contribution in [1.82, 2.24) is 10.0 Å². The second-order valence-corrected chi connectivity index (χ2v) is 10.9. The zero-order valence-corrected chi connectivity index (χ0v) is 21.5. The van der Waals surface area contributed by atoms with Gasteiger partial charge in [-0.3, -0.25) is 14.5 Å². The van der Waals surface area contributed by atoms with E-state index in [0.29, 0.717) is 0 Å². The Morgan fingerprint density at radius 1 is 0.842 bits per heavy atom. The van der Waals surface area contributed by atoms with Gasteiger partial charge in [0.15, 0.2) is 0 Å². The number of rotatable bonds is 9. The molecule has 0 bridgehead atoms. The molecule has 1 fully saturated rings. The van der Waals surface area contributed by atoms with E-state index in [2.05, 4.69) is 10.0 Å². The smallest absolute Gasteiger partial charge is 0.248 e. The Morgan fingerprint density at radius 3 is 2.11 bits per heavy atom. The fourth-order valence-corrected chi connectivity index (χ4v) is 5.61. The van der Waals surface area contributed by atoms with E-state index in [1.54, 1.807) is 6.07 Å². The van der Waals surface area contributed by atoms with Crippen LogP contribution < -0.4 is 14.9 Å². The lowest BCUT2D eigenvalue weighted by atomic mass is 9.94. The first-order valence-corrected chi connectivity index (χ1v) is 13.9. The van der Waals surface area contributed by atoms with E-state index in [0.717, 1.165) is 49.1 Å². The third kappa shape index (κ3) is 6.43. The van der Waals surface area contributed by atoms with Crippen molar-refractivity contribution in [2.24, 2.45) is 0 Å². The van der Waals surface area contributed by atoms with Gasteiger partial charge in [0.1, 0.15) is 17.7 Å². The Kier molecular flexibility index (Phi) is 8.85. The Balaban J connectivity index is 1.73. The number of carbonyl (C=O) groups is 2. The summed E-state index contributed by atoms with van der Waals surface area (Å²) >= 11 is 0. The van der Waals surface area contributed by atoms with Crippen molar-refractivity contribution in [3.63, 3.8) is 0 Å². The summed E-state index contributed by atoms with van der Waals surface area (Å²) in [4.78, 5) is 28.1. The monoisotopic (exact) mass is 541 g/mol. The maximum absolute atomic E-state index is 15.1. The lowest BCUT2D eigenvalue weighted by molar-refractivity contribution is -0.127. The van der Waals surface area contributed by atoms with Gasteiger partial charge in [-0.25, -0.2) is 21.9 Å². The molecule has 0 spiro atoms. The number of benzene rings is 3. The average molecular weight is 542 g/mol. The van der Waals surface area contributed by atoms with Gasteiger partial charge in [0.2, 0.25) is 21.8 Å². The molecule has 38 heavy (non-hydrogen) atoms. The van der Waals surface area contributed by atoms with E-state index in [1.807, 2.05) is 0 Å². The van der Waals surface area contributed by atoms with Gasteiger partial charge in [0, 0.05) is 11.6 Å². The summed E-state index contributed by atoms with van der Waals surface area (Å²) in [5.41, 5.74) is -0.410. The zero-order valence-electron chi connectivity index (χ0n) is 20.6. The molecule has 1 saturated carbocycles. The van der Waals surface area contributed by atoms with Crippen LogP contribution in [0.1, 0.15) is 43.7 Å². The molecular formula is C28H29F2N3O4S. The largest absolute Gasteiger partial charge is 0.351 e. The molecule has 0 heterocycles. The van der Waals surface area contributed by atoms with Crippen LogP contribution in [0.5, 0.6) is 0 Å². The summed E-state index contributed by atoms with van der Waals surface area (Å²) in [6.45, 7) is -0.785. The van der Waals surface area contributed by atoms with Gasteiger partial charge < -0.3 is 5.32 Å². The Bertz CT molecular complexity index is 1380. The van der Waals surface area contributed by atoms with E-state index in [-0.39, 0.29) is 22.2 Å². The van der Waals surface area contributed by atoms with Gasteiger partial charge in [0.25, 0.3) is 0 Å². The second kappa shape index (κ2) is 12.3. The van der Waals surface area contributed by atoms with E-state index >= 15 is 8.78 Å². The number of carbonyl (C=O) groups excluding carboxylic acids is 2. The highest BCUT2D eigenvalue weighted by atomic mass is 32.2. The molecule has 2 N–H and O–H groups in total. The van der Waals surface area contributed by atoms with Crippen molar-refractivity contribution in [2.45, 2.75) is 49.1 Å². The van der Waals surface area contributed by atoms with Crippen LogP contribution in [0.3, 0.4) is 0 Å². The molecule has 0 radical (unpaired) electrons. The molecule has 1 atom stereocenters. The normalized spacial score (nSPS) is 15.0. The third-order valence-electron chi connectivity index (χ3n) is 6.51. The van der Waals surface area contributed by atoms with E-state index in [4.69, 9.17) is 0 Å². The number of nitrogens with one attached hydrogen (secondary N) is 2. The molecule has 7 nitrogen and oxygen atoms in total. The molecule has 0 saturated heterocycles. The third-order valence-corrected chi connectivity index (χ3v) is 7.92. The molecule has 3 aromatic rings. The topological polar surface area (TPSA) is 95.6 Å². The summed E-state index contributed by atoms with van der Waals surface area (Å²) in [6.07, 6.45) is 4.37. The summed E-state index contributed by atoms with van der Waals surface area (Å²) in [5, 5.41) is 2.91. The van der Waals surface area contributed by atoms with Gasteiger partial charge in [-0.05, 0) is 43.2 Å². The molecule has 3 aromatic carbocycles. The van der Waals surface area contributed by atoms with E-state index in [1.165, 1.54) is 60.7 Å². The van der Waals surface area contributed by atoms with Gasteiger partial charge >= 0.3 is 0 Å². The number of anilines is 1. The summed E-state index contributed by atoms with van der Waals surface area (Å²) < 4.78 is 57.9. The number of halogens is 2. The van der Waals surface area contributed by atoms with Gasteiger partial charge in [-0.1, -0.05) is 67.8 Å². The average Bonchev–Trinajstić information content (AvgIpc) is 2.92. The number of hydrogen-bond acceptors (Lipinski definition) is 4. The first kappa shape index (κ1) is 27.4. The van der Waals surface area contributed by atoms with E-state index < -0.39 is 46.1 Å².